The predicted octanol–water partition coefficient (Wildman–Crippen LogP) is 7.14. The highest BCUT2D eigenvalue weighted by Crippen LogP contribution is 2.34. The Morgan fingerprint density at radius 3 is 1.78 bits per heavy atom. The molecule has 0 amide bonds. The van der Waals surface area contributed by atoms with E-state index in [0.29, 0.717) is 6.61 Å². The molecule has 0 radical (unpaired) electrons. The molecular weight excluding hydrogens is 591 g/mol. The second-order valence-corrected chi connectivity index (χ2v) is 11.5. The van der Waals surface area contributed by atoms with Crippen LogP contribution < -0.4 is 0 Å². The van der Waals surface area contributed by atoms with Crippen LogP contribution in [-0.2, 0) is 43.5 Å². The monoisotopic (exact) mass is 618 g/mol. The van der Waals surface area contributed by atoms with Crippen molar-refractivity contribution in [3.63, 3.8) is 0 Å². The van der Waals surface area contributed by atoms with Gasteiger partial charge in [0, 0.05) is 4.91 Å². The summed E-state index contributed by atoms with van der Waals surface area (Å²) in [7, 11) is 0. The Morgan fingerprint density at radius 1 is 0.805 bits per heavy atom. The molecule has 12 heteroatoms. The second-order valence-electron chi connectivity index (χ2n) is 9.21. The molecule has 0 spiro atoms. The zero-order valence-corrected chi connectivity index (χ0v) is 24.2. The fourth-order valence-electron chi connectivity index (χ4n) is 4.28. The van der Waals surface area contributed by atoms with E-state index in [4.69, 9.17) is 63.9 Å². The van der Waals surface area contributed by atoms with E-state index < -0.39 is 40.3 Å². The molecule has 3 aromatic rings. The first-order valence-electron chi connectivity index (χ1n) is 12.8. The van der Waals surface area contributed by atoms with Gasteiger partial charge in [-0.25, -0.2) is 0 Å². The van der Waals surface area contributed by atoms with E-state index in [1.807, 2.05) is 91.0 Å². The van der Waals surface area contributed by atoms with Crippen LogP contribution in [0.5, 0.6) is 0 Å². The van der Waals surface area contributed by atoms with E-state index in [1.165, 1.54) is 0 Å². The highest BCUT2D eigenvalue weighted by molar-refractivity contribution is 6.76. The molecule has 0 aliphatic carbocycles. The van der Waals surface area contributed by atoms with Gasteiger partial charge in [0.15, 0.2) is 0 Å². The highest BCUT2D eigenvalue weighted by Gasteiger charge is 2.50. The van der Waals surface area contributed by atoms with Crippen molar-refractivity contribution < 1.29 is 23.7 Å². The molecule has 1 fully saturated rings. The maximum Gasteiger partial charge on any atom is 0.265 e. The minimum absolute atomic E-state index is 0.0729. The molecule has 1 heterocycles. The molecule has 216 valence electrons. The lowest BCUT2D eigenvalue weighted by Crippen LogP contribution is -2.61. The predicted molar refractivity (Wildman–Crippen MR) is 157 cm³/mol. The molecule has 0 bridgehead atoms. The number of azide groups is 1. The van der Waals surface area contributed by atoms with Crippen molar-refractivity contribution in [2.45, 2.75) is 54.3 Å². The van der Waals surface area contributed by atoms with Crippen LogP contribution in [0.1, 0.15) is 16.7 Å². The molecule has 4 rings (SSSR count). The van der Waals surface area contributed by atoms with Crippen molar-refractivity contribution in [3.8, 4) is 0 Å². The highest BCUT2D eigenvalue weighted by atomic mass is 35.6. The topological polar surface area (TPSA) is 119 Å². The lowest BCUT2D eigenvalue weighted by Gasteiger charge is -2.44. The van der Waals surface area contributed by atoms with Crippen molar-refractivity contribution in [2.75, 3.05) is 6.61 Å². The molecule has 9 nitrogen and oxygen atoms in total. The molecule has 1 N–H and O–H groups in total. The van der Waals surface area contributed by atoms with Crippen molar-refractivity contribution >= 4 is 40.7 Å². The fourth-order valence-corrected chi connectivity index (χ4v) is 4.42. The van der Waals surface area contributed by atoms with Gasteiger partial charge >= 0.3 is 0 Å². The van der Waals surface area contributed by atoms with Crippen molar-refractivity contribution in [1.29, 1.82) is 5.41 Å². The van der Waals surface area contributed by atoms with Crippen LogP contribution in [0.25, 0.3) is 10.4 Å². The summed E-state index contributed by atoms with van der Waals surface area (Å²) in [6.07, 6.45) is -3.72. The van der Waals surface area contributed by atoms with E-state index in [0.717, 1.165) is 16.7 Å². The van der Waals surface area contributed by atoms with Gasteiger partial charge in [-0.2, -0.15) is 0 Å². The summed E-state index contributed by atoms with van der Waals surface area (Å²) in [6, 6.07) is 27.7. The normalized spacial score (nSPS) is 22.5. The molecule has 5 atom stereocenters. The summed E-state index contributed by atoms with van der Waals surface area (Å²) in [6.45, 7) is 0.800. The molecule has 41 heavy (non-hydrogen) atoms. The average molecular weight is 620 g/mol. The molecule has 1 aliphatic rings. The summed E-state index contributed by atoms with van der Waals surface area (Å²) >= 11 is 17.6. The number of alkyl halides is 3. The Balaban J connectivity index is 1.63. The van der Waals surface area contributed by atoms with Gasteiger partial charge in [0.1, 0.15) is 24.4 Å². The van der Waals surface area contributed by atoms with E-state index >= 15 is 0 Å². The van der Waals surface area contributed by atoms with Crippen LogP contribution in [0.2, 0.25) is 0 Å². The third-order valence-electron chi connectivity index (χ3n) is 6.26. The average Bonchev–Trinajstić information content (AvgIpc) is 2.98. The van der Waals surface area contributed by atoms with Gasteiger partial charge in [-0.1, -0.05) is 131 Å². The lowest BCUT2D eigenvalue weighted by atomic mass is 9.96. The quantitative estimate of drug-likeness (QED) is 0.0577. The smallest absolute Gasteiger partial charge is 0.265 e. The molecule has 1 aliphatic heterocycles. The summed E-state index contributed by atoms with van der Waals surface area (Å²) in [5.74, 6) is -0.694. The third kappa shape index (κ3) is 9.33. The van der Waals surface area contributed by atoms with Gasteiger partial charge in [-0.3, -0.25) is 5.41 Å². The minimum atomic E-state index is -2.16. The lowest BCUT2D eigenvalue weighted by molar-refractivity contribution is -0.269. The molecule has 0 aromatic heterocycles. The molecule has 0 saturated carbocycles. The Morgan fingerprint density at radius 2 is 1.29 bits per heavy atom. The maximum atomic E-state index is 9.46. The van der Waals surface area contributed by atoms with Crippen LogP contribution in [0.3, 0.4) is 0 Å². The second kappa shape index (κ2) is 15.4. The van der Waals surface area contributed by atoms with E-state index in [9.17, 15) is 5.53 Å². The first-order valence-corrected chi connectivity index (χ1v) is 13.9. The Bertz CT molecular complexity index is 1280. The largest absolute Gasteiger partial charge is 0.448 e. The van der Waals surface area contributed by atoms with E-state index in [2.05, 4.69) is 10.0 Å². The zero-order valence-electron chi connectivity index (χ0n) is 21.9. The standard InChI is InChI=1S/C29H29Cl3N4O5/c30-29(31,32)28(33)41-27-24(35-36-34)26(39-18-22-14-8-3-9-15-22)25(38-17-21-12-6-2-7-13-21)23(40-27)19-37-16-20-10-4-1-5-11-20/h1-15,23-27,33H,16-19H2/t23?,24?,25-,26+,27?/m1/s1. The van der Waals surface area contributed by atoms with E-state index in [-0.39, 0.29) is 19.8 Å². The fraction of sp³-hybridized carbons (Fsp3) is 0.345. The number of nitrogens with zero attached hydrogens (tertiary/aromatic N) is 3. The van der Waals surface area contributed by atoms with Gasteiger partial charge in [0.2, 0.25) is 12.2 Å². The third-order valence-corrected chi connectivity index (χ3v) is 6.77. The zero-order chi connectivity index (χ0) is 29.1. The number of hydrogen-bond donors (Lipinski definition) is 1. The van der Waals surface area contributed by atoms with Gasteiger partial charge < -0.3 is 23.7 Å². The number of hydrogen-bond acceptors (Lipinski definition) is 7. The van der Waals surface area contributed by atoms with Crippen LogP contribution in [0.15, 0.2) is 96.1 Å². The number of ether oxygens (including phenoxy) is 5. The summed E-state index contributed by atoms with van der Waals surface area (Å²) in [5.41, 5.74) is 12.2. The van der Waals surface area contributed by atoms with Crippen LogP contribution in [-0.4, -0.2) is 46.9 Å². The summed E-state index contributed by atoms with van der Waals surface area (Å²) in [5, 5.41) is 12.0. The van der Waals surface area contributed by atoms with Gasteiger partial charge in [-0.15, -0.1) is 0 Å². The summed E-state index contributed by atoms with van der Waals surface area (Å²) < 4.78 is 28.4. The van der Waals surface area contributed by atoms with Crippen molar-refractivity contribution in [2.24, 2.45) is 5.11 Å². The first kappa shape index (κ1) is 31.1. The van der Waals surface area contributed by atoms with Gasteiger partial charge in [-0.05, 0) is 22.2 Å². The number of nitrogens with one attached hydrogen (secondary N) is 1. The van der Waals surface area contributed by atoms with Gasteiger partial charge in [0.05, 0.1) is 26.4 Å². The molecular formula is C29H29Cl3N4O5. The SMILES string of the molecule is [N-]=[N+]=NC1C(OC(=N)C(Cl)(Cl)Cl)OC(COCc2ccccc2)[C@@H](OCc2ccccc2)[C@H]1OCc1ccccc1. The van der Waals surface area contributed by atoms with E-state index in [1.54, 1.807) is 0 Å². The summed E-state index contributed by atoms with van der Waals surface area (Å²) in [4.78, 5) is 2.99. The Kier molecular flexibility index (Phi) is 11.7. The Hall–Kier alpha value is -2.85. The van der Waals surface area contributed by atoms with Crippen molar-refractivity contribution in [1.82, 2.24) is 0 Å². The first-order chi connectivity index (χ1) is 19.8. The molecule has 3 aromatic carbocycles. The molecule has 1 saturated heterocycles. The van der Waals surface area contributed by atoms with Crippen LogP contribution >= 0.6 is 34.8 Å². The molecule has 3 unspecified atom stereocenters. The van der Waals surface area contributed by atoms with Gasteiger partial charge in [0.25, 0.3) is 3.79 Å². The number of benzene rings is 3. The minimum Gasteiger partial charge on any atom is -0.448 e. The Labute approximate surface area is 253 Å². The van der Waals surface area contributed by atoms with Crippen molar-refractivity contribution in [3.05, 3.63) is 118 Å². The number of rotatable bonds is 12. The van der Waals surface area contributed by atoms with Crippen LogP contribution in [0.4, 0.5) is 0 Å². The maximum absolute atomic E-state index is 9.46. The number of halogens is 3. The van der Waals surface area contributed by atoms with Crippen LogP contribution in [0, 0.1) is 5.41 Å².